The molecule has 41 heavy (non-hydrogen) atoms. The third-order valence-corrected chi connectivity index (χ3v) is 7.39. The largest absolute Gasteiger partial charge is 0.370 e. The predicted octanol–water partition coefficient (Wildman–Crippen LogP) is -1.42. The van der Waals surface area contributed by atoms with E-state index in [1.165, 1.54) is 0 Å². The molecule has 15 heteroatoms. The number of aryl methyl sites for hydroxylation is 1. The summed E-state index contributed by atoms with van der Waals surface area (Å²) >= 11 is 0. The van der Waals surface area contributed by atoms with E-state index in [1.54, 1.807) is 0 Å². The summed E-state index contributed by atoms with van der Waals surface area (Å²) < 4.78 is 28.4. The number of hydrogen-bond acceptors (Lipinski definition) is 7. The SMILES string of the molecule is NC(N)=NCCCC(C=O)NC(=O)CNC(=O)[C@H](CCCN=C(N)N)NS(=O)(=O)CCc1cccc2ccccc12. The fourth-order valence-electron chi connectivity index (χ4n) is 4.02. The highest BCUT2D eigenvalue weighted by molar-refractivity contribution is 7.89. The van der Waals surface area contributed by atoms with Gasteiger partial charge in [0, 0.05) is 13.1 Å². The maximum atomic E-state index is 13.0. The minimum Gasteiger partial charge on any atom is -0.370 e. The van der Waals surface area contributed by atoms with Crippen LogP contribution in [0.15, 0.2) is 52.4 Å². The Morgan fingerprint density at radius 1 is 0.902 bits per heavy atom. The van der Waals surface area contributed by atoms with Crippen LogP contribution in [0.3, 0.4) is 0 Å². The van der Waals surface area contributed by atoms with E-state index in [0.717, 1.165) is 16.3 Å². The Labute approximate surface area is 239 Å². The van der Waals surface area contributed by atoms with Crippen molar-refractivity contribution in [3.05, 3.63) is 48.0 Å². The first-order chi connectivity index (χ1) is 19.5. The van der Waals surface area contributed by atoms with Crippen LogP contribution in [0, 0.1) is 0 Å². The summed E-state index contributed by atoms with van der Waals surface area (Å²) in [7, 11) is -3.90. The number of benzene rings is 2. The molecule has 2 aromatic rings. The van der Waals surface area contributed by atoms with E-state index in [9.17, 15) is 22.8 Å². The summed E-state index contributed by atoms with van der Waals surface area (Å²) in [6, 6.07) is 11.4. The second-order valence-corrected chi connectivity index (χ2v) is 11.2. The van der Waals surface area contributed by atoms with Gasteiger partial charge in [0.25, 0.3) is 0 Å². The van der Waals surface area contributed by atoms with Crippen LogP contribution in [0.4, 0.5) is 0 Å². The molecule has 0 saturated carbocycles. The van der Waals surface area contributed by atoms with Gasteiger partial charge in [-0.2, -0.15) is 0 Å². The highest BCUT2D eigenvalue weighted by Gasteiger charge is 2.25. The summed E-state index contributed by atoms with van der Waals surface area (Å²) in [6.45, 7) is 0.0197. The van der Waals surface area contributed by atoms with Crippen molar-refractivity contribution in [2.24, 2.45) is 32.9 Å². The van der Waals surface area contributed by atoms with E-state index in [-0.39, 0.29) is 37.1 Å². The monoisotopic (exact) mass is 589 g/mol. The first-order valence-corrected chi connectivity index (χ1v) is 14.8. The molecule has 0 fully saturated rings. The first-order valence-electron chi connectivity index (χ1n) is 13.1. The highest BCUT2D eigenvalue weighted by atomic mass is 32.2. The number of nitrogens with zero attached hydrogens (tertiary/aromatic N) is 2. The third-order valence-electron chi connectivity index (χ3n) is 6.01. The number of amides is 2. The lowest BCUT2D eigenvalue weighted by atomic mass is 10.0. The van der Waals surface area contributed by atoms with Crippen LogP contribution in [0.1, 0.15) is 31.2 Å². The Hall–Kier alpha value is -4.24. The Balaban J connectivity index is 1.99. The van der Waals surface area contributed by atoms with E-state index in [0.29, 0.717) is 32.1 Å². The molecule has 2 rings (SSSR count). The summed E-state index contributed by atoms with van der Waals surface area (Å²) in [5, 5.41) is 6.88. The third kappa shape index (κ3) is 12.7. The van der Waals surface area contributed by atoms with Crippen molar-refractivity contribution in [1.82, 2.24) is 15.4 Å². The maximum absolute atomic E-state index is 13.0. The molecular formula is C26H39N9O5S. The molecule has 2 amide bonds. The van der Waals surface area contributed by atoms with Crippen molar-refractivity contribution >= 4 is 50.8 Å². The standard InChI is InChI=1S/C26H39N9O5S/c27-25(28)31-13-4-9-20(17-36)34-23(37)16-33-24(38)22(11-5-14-32-26(29)30)35-41(39,40)15-12-19-8-3-7-18-6-1-2-10-21(18)19/h1-3,6-8,10,17,20,22,35H,4-5,9,11-16H2,(H,33,38)(H,34,37)(H4,27,28,31)(H4,29,30,32)/t20?,22-/m0/s1. The van der Waals surface area contributed by atoms with Crippen LogP contribution in [-0.2, 0) is 30.8 Å². The fourth-order valence-corrected chi connectivity index (χ4v) is 5.28. The number of carbonyl (C=O) groups excluding carboxylic acids is 3. The van der Waals surface area contributed by atoms with Gasteiger partial charge in [0.1, 0.15) is 12.3 Å². The Morgan fingerprint density at radius 3 is 2.20 bits per heavy atom. The molecular weight excluding hydrogens is 550 g/mol. The molecule has 0 heterocycles. The van der Waals surface area contributed by atoms with E-state index < -0.39 is 40.5 Å². The Kier molecular flexibility index (Phi) is 13.5. The van der Waals surface area contributed by atoms with Crippen LogP contribution >= 0.6 is 0 Å². The lowest BCUT2D eigenvalue weighted by Crippen LogP contribution is -2.50. The van der Waals surface area contributed by atoms with Crippen molar-refractivity contribution in [1.29, 1.82) is 0 Å². The molecule has 224 valence electrons. The Morgan fingerprint density at radius 2 is 1.54 bits per heavy atom. The van der Waals surface area contributed by atoms with Gasteiger partial charge in [0.2, 0.25) is 21.8 Å². The normalized spacial score (nSPS) is 12.6. The zero-order valence-electron chi connectivity index (χ0n) is 22.8. The van der Waals surface area contributed by atoms with Crippen LogP contribution in [0.25, 0.3) is 10.8 Å². The number of sulfonamides is 1. The van der Waals surface area contributed by atoms with Gasteiger partial charge in [-0.1, -0.05) is 42.5 Å². The number of aliphatic imine (C=N–C) groups is 2. The van der Waals surface area contributed by atoms with Gasteiger partial charge in [-0.3, -0.25) is 19.6 Å². The van der Waals surface area contributed by atoms with E-state index >= 15 is 0 Å². The number of fused-ring (bicyclic) bond motifs is 1. The number of rotatable bonds is 18. The minimum atomic E-state index is -3.90. The molecule has 0 aliphatic carbocycles. The number of carbonyl (C=O) groups is 3. The summed E-state index contributed by atoms with van der Waals surface area (Å²) in [4.78, 5) is 44.2. The lowest BCUT2D eigenvalue weighted by Gasteiger charge is -2.19. The molecule has 14 nitrogen and oxygen atoms in total. The molecule has 0 spiro atoms. The minimum absolute atomic E-state index is 0.0727. The smallest absolute Gasteiger partial charge is 0.239 e. The van der Waals surface area contributed by atoms with Crippen LogP contribution in [0.2, 0.25) is 0 Å². The zero-order chi connectivity index (χ0) is 30.3. The van der Waals surface area contributed by atoms with Gasteiger partial charge < -0.3 is 38.4 Å². The van der Waals surface area contributed by atoms with Crippen molar-refractivity contribution < 1.29 is 22.8 Å². The van der Waals surface area contributed by atoms with Crippen molar-refractivity contribution in [2.45, 2.75) is 44.2 Å². The quantitative estimate of drug-likeness (QED) is 0.0465. The van der Waals surface area contributed by atoms with Crippen LogP contribution in [-0.4, -0.2) is 75.9 Å². The van der Waals surface area contributed by atoms with Gasteiger partial charge in [-0.05, 0) is 48.4 Å². The summed E-state index contributed by atoms with van der Waals surface area (Å²) in [5.41, 5.74) is 22.1. The fraction of sp³-hybridized carbons (Fsp3) is 0.423. The van der Waals surface area contributed by atoms with E-state index in [4.69, 9.17) is 22.9 Å². The second kappa shape index (κ2) is 16.8. The average Bonchev–Trinajstić information content (AvgIpc) is 2.93. The molecule has 2 aromatic carbocycles. The molecule has 2 atom stereocenters. The molecule has 11 N–H and O–H groups in total. The number of nitrogens with one attached hydrogen (secondary N) is 3. The highest BCUT2D eigenvalue weighted by Crippen LogP contribution is 2.19. The number of hydrogen-bond donors (Lipinski definition) is 7. The van der Waals surface area contributed by atoms with Gasteiger partial charge in [-0.25, -0.2) is 13.1 Å². The molecule has 1 unspecified atom stereocenters. The number of nitrogens with two attached hydrogens (primary N) is 4. The van der Waals surface area contributed by atoms with Gasteiger partial charge in [0.05, 0.1) is 18.3 Å². The second-order valence-electron chi connectivity index (χ2n) is 9.30. The van der Waals surface area contributed by atoms with Gasteiger partial charge in [0.15, 0.2) is 11.9 Å². The maximum Gasteiger partial charge on any atom is 0.239 e. The van der Waals surface area contributed by atoms with Crippen LogP contribution in [0.5, 0.6) is 0 Å². The summed E-state index contributed by atoms with van der Waals surface area (Å²) in [5.74, 6) is -1.76. The number of aldehydes is 1. The summed E-state index contributed by atoms with van der Waals surface area (Å²) in [6.07, 6.45) is 1.94. The molecule has 0 radical (unpaired) electrons. The molecule has 0 saturated heterocycles. The average molecular weight is 590 g/mol. The molecule has 0 bridgehead atoms. The number of guanidine groups is 2. The Bertz CT molecular complexity index is 1330. The molecule has 0 aliphatic rings. The van der Waals surface area contributed by atoms with Crippen molar-refractivity contribution in [3.8, 4) is 0 Å². The van der Waals surface area contributed by atoms with Gasteiger partial charge in [-0.15, -0.1) is 0 Å². The van der Waals surface area contributed by atoms with Crippen molar-refractivity contribution in [3.63, 3.8) is 0 Å². The molecule has 0 aliphatic heterocycles. The van der Waals surface area contributed by atoms with E-state index in [2.05, 4.69) is 25.3 Å². The zero-order valence-corrected chi connectivity index (χ0v) is 23.6. The van der Waals surface area contributed by atoms with Crippen LogP contribution < -0.4 is 38.3 Å². The van der Waals surface area contributed by atoms with E-state index in [1.807, 2.05) is 42.5 Å². The predicted molar refractivity (Wildman–Crippen MR) is 159 cm³/mol. The van der Waals surface area contributed by atoms with Gasteiger partial charge >= 0.3 is 0 Å². The first kappa shape index (κ1) is 33.0. The topological polar surface area (TPSA) is 250 Å². The van der Waals surface area contributed by atoms with Crippen molar-refractivity contribution in [2.75, 3.05) is 25.4 Å². The molecule has 0 aromatic heterocycles. The lowest BCUT2D eigenvalue weighted by molar-refractivity contribution is -0.128.